The van der Waals surface area contributed by atoms with Gasteiger partial charge < -0.3 is 4.74 Å². The highest BCUT2D eigenvalue weighted by Crippen LogP contribution is 2.45. The first kappa shape index (κ1) is 25.8. The molecule has 1 nitrogen and oxygen atoms in total. The van der Waals surface area contributed by atoms with Crippen molar-refractivity contribution in [3.05, 3.63) is 65.2 Å². The van der Waals surface area contributed by atoms with Crippen LogP contribution in [0, 0.1) is 41.0 Å². The van der Waals surface area contributed by atoms with Gasteiger partial charge in [0.2, 0.25) is 5.82 Å². The maximum absolute atomic E-state index is 15.1. The minimum Gasteiger partial charge on any atom is -0.494 e. The van der Waals surface area contributed by atoms with Crippen molar-refractivity contribution in [2.24, 2.45) is 17.8 Å². The highest BCUT2D eigenvalue weighted by Gasteiger charge is 2.32. The van der Waals surface area contributed by atoms with Gasteiger partial charge in [-0.05, 0) is 99.7 Å². The van der Waals surface area contributed by atoms with Gasteiger partial charge in [0, 0.05) is 11.1 Å². The lowest BCUT2D eigenvalue weighted by Gasteiger charge is -2.38. The molecule has 2 aromatic carbocycles. The van der Waals surface area contributed by atoms with E-state index in [1.807, 2.05) is 0 Å². The fourth-order valence-corrected chi connectivity index (χ4v) is 6.33. The first-order valence-electron chi connectivity index (χ1n) is 13.1. The predicted molar refractivity (Wildman–Crippen MR) is 132 cm³/mol. The summed E-state index contributed by atoms with van der Waals surface area (Å²) in [7, 11) is 1.22. The molecule has 2 aliphatic carbocycles. The third-order valence-electron chi connectivity index (χ3n) is 8.42. The van der Waals surface area contributed by atoms with E-state index < -0.39 is 23.3 Å². The molecule has 0 spiro atoms. The van der Waals surface area contributed by atoms with Crippen LogP contribution in [-0.2, 0) is 0 Å². The molecule has 0 aromatic heterocycles. The maximum atomic E-state index is 15.1. The van der Waals surface area contributed by atoms with Crippen molar-refractivity contribution in [3.8, 4) is 16.9 Å². The van der Waals surface area contributed by atoms with Crippen molar-refractivity contribution < 1.29 is 22.3 Å². The van der Waals surface area contributed by atoms with Crippen LogP contribution in [0.2, 0.25) is 0 Å². The SMILES string of the molecule is CC=CCCC1CCC(C2CCC(c3ccc(-c4ccc(OC)c(F)c4F)c(F)c3F)CC2)CC1. The van der Waals surface area contributed by atoms with E-state index in [1.165, 1.54) is 63.8 Å². The summed E-state index contributed by atoms with van der Waals surface area (Å²) in [6.45, 7) is 2.07. The van der Waals surface area contributed by atoms with Crippen molar-refractivity contribution in [3.63, 3.8) is 0 Å². The quantitative estimate of drug-likeness (QED) is 0.279. The highest BCUT2D eigenvalue weighted by molar-refractivity contribution is 5.66. The van der Waals surface area contributed by atoms with Crippen LogP contribution >= 0.6 is 0 Å². The van der Waals surface area contributed by atoms with Crippen molar-refractivity contribution in [2.75, 3.05) is 7.11 Å². The van der Waals surface area contributed by atoms with Gasteiger partial charge in [-0.15, -0.1) is 0 Å². The number of hydrogen-bond donors (Lipinski definition) is 0. The Morgan fingerprint density at radius 2 is 1.31 bits per heavy atom. The Balaban J connectivity index is 1.39. The Morgan fingerprint density at radius 3 is 1.91 bits per heavy atom. The molecule has 190 valence electrons. The predicted octanol–water partition coefficient (Wildman–Crippen LogP) is 9.36. The molecule has 0 aliphatic heterocycles. The van der Waals surface area contributed by atoms with Gasteiger partial charge >= 0.3 is 0 Å². The Kier molecular flexibility index (Phi) is 8.56. The summed E-state index contributed by atoms with van der Waals surface area (Å²) in [6, 6.07) is 5.36. The van der Waals surface area contributed by atoms with Gasteiger partial charge in [-0.2, -0.15) is 4.39 Å². The zero-order valence-electron chi connectivity index (χ0n) is 20.8. The van der Waals surface area contributed by atoms with Crippen LogP contribution in [-0.4, -0.2) is 7.11 Å². The van der Waals surface area contributed by atoms with Crippen LogP contribution < -0.4 is 4.74 Å². The first-order valence-corrected chi connectivity index (χ1v) is 13.1. The van der Waals surface area contributed by atoms with E-state index in [9.17, 15) is 8.78 Å². The fraction of sp³-hybridized carbons (Fsp3) is 0.533. The van der Waals surface area contributed by atoms with Gasteiger partial charge in [0.05, 0.1) is 7.11 Å². The summed E-state index contributed by atoms with van der Waals surface area (Å²) in [5.41, 5.74) is -0.228. The zero-order valence-corrected chi connectivity index (χ0v) is 20.8. The number of rotatable bonds is 7. The summed E-state index contributed by atoms with van der Waals surface area (Å²) < 4.78 is 63.5. The van der Waals surface area contributed by atoms with Crippen LogP contribution in [0.15, 0.2) is 36.4 Å². The Bertz CT molecular complexity index is 1030. The third kappa shape index (κ3) is 5.59. The molecule has 0 atom stereocenters. The number of halogens is 4. The van der Waals surface area contributed by atoms with E-state index in [0.29, 0.717) is 11.5 Å². The van der Waals surface area contributed by atoms with E-state index in [0.717, 1.165) is 37.5 Å². The zero-order chi connectivity index (χ0) is 24.9. The molecule has 0 amide bonds. The molecule has 35 heavy (non-hydrogen) atoms. The molecule has 4 rings (SSSR count). The number of allylic oxidation sites excluding steroid dienone is 2. The average molecular weight is 489 g/mol. The van der Waals surface area contributed by atoms with Crippen molar-refractivity contribution in [1.29, 1.82) is 0 Å². The highest BCUT2D eigenvalue weighted by atomic mass is 19.2. The number of ether oxygens (including phenoxy) is 1. The molecular weight excluding hydrogens is 452 g/mol. The van der Waals surface area contributed by atoms with Gasteiger partial charge in [0.25, 0.3) is 0 Å². The second-order valence-electron chi connectivity index (χ2n) is 10.3. The largest absolute Gasteiger partial charge is 0.494 e. The van der Waals surface area contributed by atoms with Crippen LogP contribution in [0.4, 0.5) is 17.6 Å². The van der Waals surface area contributed by atoms with E-state index in [1.54, 1.807) is 6.07 Å². The molecule has 0 heterocycles. The Labute approximate surface area is 206 Å². The van der Waals surface area contributed by atoms with Gasteiger partial charge in [-0.1, -0.05) is 37.1 Å². The smallest absolute Gasteiger partial charge is 0.201 e. The van der Waals surface area contributed by atoms with Crippen molar-refractivity contribution in [2.45, 2.75) is 77.0 Å². The molecule has 2 fully saturated rings. The summed E-state index contributed by atoms with van der Waals surface area (Å²) >= 11 is 0. The first-order chi connectivity index (χ1) is 16.9. The summed E-state index contributed by atoms with van der Waals surface area (Å²) in [6.07, 6.45) is 15.8. The third-order valence-corrected chi connectivity index (χ3v) is 8.42. The lowest BCUT2D eigenvalue weighted by Crippen LogP contribution is -2.25. The van der Waals surface area contributed by atoms with E-state index in [-0.39, 0.29) is 22.8 Å². The molecule has 2 aromatic rings. The summed E-state index contributed by atoms with van der Waals surface area (Å²) in [4.78, 5) is 0. The Hall–Kier alpha value is -2.30. The maximum Gasteiger partial charge on any atom is 0.201 e. The van der Waals surface area contributed by atoms with Gasteiger partial charge in [0.15, 0.2) is 23.2 Å². The number of methoxy groups -OCH3 is 1. The topological polar surface area (TPSA) is 9.23 Å². The van der Waals surface area contributed by atoms with Gasteiger partial charge in [0.1, 0.15) is 0 Å². The lowest BCUT2D eigenvalue weighted by atomic mass is 9.68. The van der Waals surface area contributed by atoms with E-state index in [4.69, 9.17) is 4.74 Å². The molecule has 0 N–H and O–H groups in total. The van der Waals surface area contributed by atoms with Crippen LogP contribution in [0.25, 0.3) is 11.1 Å². The van der Waals surface area contributed by atoms with Crippen LogP contribution in [0.5, 0.6) is 5.75 Å². The molecule has 0 saturated heterocycles. The van der Waals surface area contributed by atoms with Crippen molar-refractivity contribution >= 4 is 0 Å². The Morgan fingerprint density at radius 1 is 0.743 bits per heavy atom. The second kappa shape index (κ2) is 11.6. The van der Waals surface area contributed by atoms with E-state index >= 15 is 8.78 Å². The molecule has 5 heteroatoms. The standard InChI is InChI=1S/C30H36F4O/c1-3-4-5-6-19-7-9-20(10-8-19)21-11-13-22(14-12-21)23-15-16-24(28(32)27(23)31)25-17-18-26(35-2)30(34)29(25)33/h3-4,15-22H,5-14H2,1-2H3. The van der Waals surface area contributed by atoms with Crippen molar-refractivity contribution in [1.82, 2.24) is 0 Å². The molecular formula is C30H36F4O. The molecule has 2 aliphatic rings. The normalized spacial score (nSPS) is 25.2. The lowest BCUT2D eigenvalue weighted by molar-refractivity contribution is 0.156. The van der Waals surface area contributed by atoms with Crippen LogP contribution in [0.3, 0.4) is 0 Å². The molecule has 0 unspecified atom stereocenters. The molecule has 0 bridgehead atoms. The number of hydrogen-bond acceptors (Lipinski definition) is 1. The second-order valence-corrected chi connectivity index (χ2v) is 10.3. The molecule has 2 saturated carbocycles. The number of benzene rings is 2. The molecule has 0 radical (unpaired) electrons. The van der Waals surface area contributed by atoms with Gasteiger partial charge in [-0.3, -0.25) is 0 Å². The minimum atomic E-state index is -1.24. The summed E-state index contributed by atoms with van der Waals surface area (Å²) in [5.74, 6) is -2.55. The average Bonchev–Trinajstić information content (AvgIpc) is 2.88. The minimum absolute atomic E-state index is 0.0376. The van der Waals surface area contributed by atoms with Crippen LogP contribution in [0.1, 0.15) is 82.6 Å². The van der Waals surface area contributed by atoms with Gasteiger partial charge in [-0.25, -0.2) is 13.2 Å². The fourth-order valence-electron chi connectivity index (χ4n) is 6.33. The van der Waals surface area contributed by atoms with E-state index in [2.05, 4.69) is 19.1 Å². The monoisotopic (exact) mass is 488 g/mol. The summed E-state index contributed by atoms with van der Waals surface area (Å²) in [5, 5.41) is 0.